The molecule has 0 saturated carbocycles. The molecule has 2 aliphatic rings. The summed E-state index contributed by atoms with van der Waals surface area (Å²) in [5, 5.41) is 9.34. The van der Waals surface area contributed by atoms with Crippen molar-refractivity contribution < 1.29 is 19.0 Å². The Labute approximate surface area is 190 Å². The number of halogens is 1. The van der Waals surface area contributed by atoms with Gasteiger partial charge < -0.3 is 24.0 Å². The maximum atomic E-state index is 12.5. The fourth-order valence-electron chi connectivity index (χ4n) is 3.68. The Morgan fingerprint density at radius 3 is 2.59 bits per heavy atom. The molecule has 0 spiro atoms. The first-order valence-corrected chi connectivity index (χ1v) is 10.7. The molecule has 0 aliphatic carbocycles. The molecule has 5 rings (SSSR count). The second-order valence-electron chi connectivity index (χ2n) is 7.46. The zero-order valence-corrected chi connectivity index (χ0v) is 18.0. The molecule has 1 fully saturated rings. The number of hydrogen-bond donors (Lipinski definition) is 0. The van der Waals surface area contributed by atoms with Crippen LogP contribution in [0.5, 0.6) is 17.2 Å². The van der Waals surface area contributed by atoms with Crippen molar-refractivity contribution in [2.24, 2.45) is 0 Å². The molecule has 1 aromatic heterocycles. The van der Waals surface area contributed by atoms with E-state index in [1.165, 1.54) is 0 Å². The van der Waals surface area contributed by atoms with Gasteiger partial charge in [-0.3, -0.25) is 4.79 Å². The van der Waals surface area contributed by atoms with Gasteiger partial charge in [-0.05, 0) is 48.5 Å². The standard InChI is InChI=1S/C23H21ClN4O4/c24-17-2-1-3-18(13-17)30-14-23(29)28-10-8-27(9-11-28)22-7-5-19(25-26-22)16-4-6-20-21(12-16)32-15-31-20/h1-7,12-13H,8-11,14-15H2. The average molecular weight is 453 g/mol. The number of anilines is 1. The fourth-order valence-corrected chi connectivity index (χ4v) is 3.86. The van der Waals surface area contributed by atoms with Gasteiger partial charge in [0.15, 0.2) is 23.9 Å². The molecule has 0 N–H and O–H groups in total. The monoisotopic (exact) mass is 452 g/mol. The van der Waals surface area contributed by atoms with Crippen LogP contribution in [0, 0.1) is 0 Å². The molecule has 2 aromatic carbocycles. The van der Waals surface area contributed by atoms with Crippen LogP contribution >= 0.6 is 11.6 Å². The first-order chi connectivity index (χ1) is 15.7. The summed E-state index contributed by atoms with van der Waals surface area (Å²) >= 11 is 5.95. The van der Waals surface area contributed by atoms with E-state index in [0.29, 0.717) is 42.7 Å². The van der Waals surface area contributed by atoms with Gasteiger partial charge in [-0.15, -0.1) is 10.2 Å². The molecule has 8 nitrogen and oxygen atoms in total. The van der Waals surface area contributed by atoms with E-state index in [0.717, 1.165) is 22.8 Å². The highest BCUT2D eigenvalue weighted by atomic mass is 35.5. The fraction of sp³-hybridized carbons (Fsp3) is 0.261. The van der Waals surface area contributed by atoms with Crippen LogP contribution in [-0.4, -0.2) is 60.6 Å². The van der Waals surface area contributed by atoms with Gasteiger partial charge in [0.2, 0.25) is 6.79 Å². The lowest BCUT2D eigenvalue weighted by molar-refractivity contribution is -0.133. The van der Waals surface area contributed by atoms with E-state index < -0.39 is 0 Å². The minimum atomic E-state index is -0.0473. The highest BCUT2D eigenvalue weighted by Gasteiger charge is 2.23. The summed E-state index contributed by atoms with van der Waals surface area (Å²) in [5.41, 5.74) is 1.68. The van der Waals surface area contributed by atoms with Crippen molar-refractivity contribution in [3.05, 3.63) is 59.6 Å². The molecule has 3 aromatic rings. The van der Waals surface area contributed by atoms with Crippen LogP contribution in [0.4, 0.5) is 5.82 Å². The van der Waals surface area contributed by atoms with Gasteiger partial charge in [-0.2, -0.15) is 0 Å². The second kappa shape index (κ2) is 8.92. The number of carbonyl (C=O) groups is 1. The first kappa shape index (κ1) is 20.4. The van der Waals surface area contributed by atoms with Crippen LogP contribution in [0.2, 0.25) is 5.02 Å². The number of piperazine rings is 1. The van der Waals surface area contributed by atoms with Crippen molar-refractivity contribution in [3.8, 4) is 28.5 Å². The molecule has 1 saturated heterocycles. The second-order valence-corrected chi connectivity index (χ2v) is 7.90. The molecule has 3 heterocycles. The lowest BCUT2D eigenvalue weighted by atomic mass is 10.1. The molecule has 2 aliphatic heterocycles. The maximum Gasteiger partial charge on any atom is 0.260 e. The molecule has 0 atom stereocenters. The molecule has 0 bridgehead atoms. The number of rotatable bonds is 5. The Bertz CT molecular complexity index is 1120. The van der Waals surface area contributed by atoms with E-state index in [1.807, 2.05) is 30.3 Å². The number of amides is 1. The summed E-state index contributed by atoms with van der Waals surface area (Å²) in [5.74, 6) is 2.78. The molecular weight excluding hydrogens is 432 g/mol. The maximum absolute atomic E-state index is 12.5. The van der Waals surface area contributed by atoms with Crippen LogP contribution in [0.15, 0.2) is 54.6 Å². The van der Waals surface area contributed by atoms with Gasteiger partial charge in [0.1, 0.15) is 5.75 Å². The number of carbonyl (C=O) groups excluding carboxylic acids is 1. The summed E-state index contributed by atoms with van der Waals surface area (Å²) in [4.78, 5) is 16.4. The predicted octanol–water partition coefficient (Wildman–Crippen LogP) is 3.25. The van der Waals surface area contributed by atoms with Gasteiger partial charge in [-0.1, -0.05) is 17.7 Å². The first-order valence-electron chi connectivity index (χ1n) is 10.3. The van der Waals surface area contributed by atoms with E-state index in [-0.39, 0.29) is 19.3 Å². The molecule has 164 valence electrons. The van der Waals surface area contributed by atoms with Crippen LogP contribution < -0.4 is 19.1 Å². The van der Waals surface area contributed by atoms with E-state index in [4.69, 9.17) is 25.8 Å². The van der Waals surface area contributed by atoms with Gasteiger partial charge in [0.25, 0.3) is 5.91 Å². The van der Waals surface area contributed by atoms with Crippen molar-refractivity contribution in [3.63, 3.8) is 0 Å². The largest absolute Gasteiger partial charge is 0.484 e. The quantitative estimate of drug-likeness (QED) is 0.588. The van der Waals surface area contributed by atoms with E-state index in [1.54, 1.807) is 29.2 Å². The third-order valence-electron chi connectivity index (χ3n) is 5.43. The van der Waals surface area contributed by atoms with Crippen LogP contribution in [0.3, 0.4) is 0 Å². The van der Waals surface area contributed by atoms with Crippen molar-refractivity contribution >= 4 is 23.3 Å². The van der Waals surface area contributed by atoms with E-state index in [9.17, 15) is 4.79 Å². The summed E-state index contributed by atoms with van der Waals surface area (Å²) in [7, 11) is 0. The van der Waals surface area contributed by atoms with Crippen molar-refractivity contribution in [1.82, 2.24) is 15.1 Å². The SMILES string of the molecule is O=C(COc1cccc(Cl)c1)N1CCN(c2ccc(-c3ccc4c(c3)OCO4)nn2)CC1. The highest BCUT2D eigenvalue weighted by Crippen LogP contribution is 2.35. The summed E-state index contributed by atoms with van der Waals surface area (Å²) in [6.07, 6.45) is 0. The number of hydrogen-bond acceptors (Lipinski definition) is 7. The average Bonchev–Trinajstić information content (AvgIpc) is 3.31. The summed E-state index contributed by atoms with van der Waals surface area (Å²) < 4.78 is 16.3. The topological polar surface area (TPSA) is 77.0 Å². The molecular formula is C23H21ClN4O4. The molecule has 0 radical (unpaired) electrons. The third-order valence-corrected chi connectivity index (χ3v) is 5.67. The van der Waals surface area contributed by atoms with Gasteiger partial charge >= 0.3 is 0 Å². The van der Waals surface area contributed by atoms with Crippen LogP contribution in [-0.2, 0) is 4.79 Å². The molecule has 1 amide bonds. The van der Waals surface area contributed by atoms with Gasteiger partial charge in [0.05, 0.1) is 5.69 Å². The van der Waals surface area contributed by atoms with Crippen molar-refractivity contribution in [1.29, 1.82) is 0 Å². The third kappa shape index (κ3) is 4.40. The van der Waals surface area contributed by atoms with Crippen molar-refractivity contribution in [2.75, 3.05) is 44.5 Å². The Morgan fingerprint density at radius 2 is 1.81 bits per heavy atom. The highest BCUT2D eigenvalue weighted by molar-refractivity contribution is 6.30. The Balaban J connectivity index is 1.15. The number of nitrogens with zero attached hydrogens (tertiary/aromatic N) is 4. The number of ether oxygens (including phenoxy) is 3. The Morgan fingerprint density at radius 1 is 0.969 bits per heavy atom. The predicted molar refractivity (Wildman–Crippen MR) is 119 cm³/mol. The Hall–Kier alpha value is -3.52. The molecule has 32 heavy (non-hydrogen) atoms. The van der Waals surface area contributed by atoms with Gasteiger partial charge in [-0.25, -0.2) is 0 Å². The van der Waals surface area contributed by atoms with Crippen LogP contribution in [0.1, 0.15) is 0 Å². The smallest absolute Gasteiger partial charge is 0.260 e. The van der Waals surface area contributed by atoms with E-state index in [2.05, 4.69) is 15.1 Å². The summed E-state index contributed by atoms with van der Waals surface area (Å²) in [6, 6.07) is 16.6. The Kier molecular flexibility index (Phi) is 5.68. The minimum absolute atomic E-state index is 0.00955. The van der Waals surface area contributed by atoms with Gasteiger partial charge in [0, 0.05) is 36.8 Å². The summed E-state index contributed by atoms with van der Waals surface area (Å²) in [6.45, 7) is 2.80. The molecule has 9 heteroatoms. The van der Waals surface area contributed by atoms with Crippen molar-refractivity contribution in [2.45, 2.75) is 0 Å². The zero-order valence-electron chi connectivity index (χ0n) is 17.2. The lowest BCUT2D eigenvalue weighted by Gasteiger charge is -2.35. The lowest BCUT2D eigenvalue weighted by Crippen LogP contribution is -2.50. The minimum Gasteiger partial charge on any atom is -0.484 e. The molecule has 0 unspecified atom stereocenters. The number of fused-ring (bicyclic) bond motifs is 1. The number of aromatic nitrogens is 2. The van der Waals surface area contributed by atoms with Crippen LogP contribution in [0.25, 0.3) is 11.3 Å². The zero-order chi connectivity index (χ0) is 21.9. The van der Waals surface area contributed by atoms with E-state index >= 15 is 0 Å². The number of benzene rings is 2. The normalized spacial score (nSPS) is 15.0.